The first kappa shape index (κ1) is 6.44. The Labute approximate surface area is 78.5 Å². The molecule has 5 fully saturated rings. The summed E-state index contributed by atoms with van der Waals surface area (Å²) in [6, 6.07) is 0. The van der Waals surface area contributed by atoms with Crippen molar-refractivity contribution in [3.8, 4) is 0 Å². The molecule has 1 unspecified atom stereocenters. The van der Waals surface area contributed by atoms with Gasteiger partial charge in [-0.15, -0.1) is 0 Å². The van der Waals surface area contributed by atoms with Gasteiger partial charge in [-0.2, -0.15) is 0 Å². The topological polar surface area (TPSA) is 20.2 Å². The largest absolute Gasteiger partial charge is 0.393 e. The van der Waals surface area contributed by atoms with E-state index >= 15 is 0 Å². The van der Waals surface area contributed by atoms with Crippen LogP contribution in [0.1, 0.15) is 19.3 Å². The molecule has 5 rings (SSSR count). The van der Waals surface area contributed by atoms with Crippen LogP contribution >= 0.6 is 0 Å². The summed E-state index contributed by atoms with van der Waals surface area (Å²) in [5.74, 6) is 7.68. The van der Waals surface area contributed by atoms with Crippen LogP contribution in [0.3, 0.4) is 0 Å². The van der Waals surface area contributed by atoms with E-state index in [0.29, 0.717) is 0 Å². The summed E-state index contributed by atoms with van der Waals surface area (Å²) in [7, 11) is 0. The minimum absolute atomic E-state index is 0.131. The molecule has 0 aliphatic heterocycles. The van der Waals surface area contributed by atoms with Crippen molar-refractivity contribution in [3.63, 3.8) is 0 Å². The van der Waals surface area contributed by atoms with E-state index in [9.17, 15) is 5.11 Å². The number of fused-ring (bicyclic) bond motifs is 5. The normalized spacial score (nSPS) is 80.5. The van der Waals surface area contributed by atoms with Crippen LogP contribution in [0.25, 0.3) is 0 Å². The Balaban J connectivity index is 1.82. The smallest absolute Gasteiger partial charge is 0.0605 e. The summed E-state index contributed by atoms with van der Waals surface area (Å²) in [4.78, 5) is 0. The van der Waals surface area contributed by atoms with E-state index in [1.165, 1.54) is 12.8 Å². The van der Waals surface area contributed by atoms with Crippen LogP contribution in [0.4, 0.5) is 0 Å². The molecule has 0 aromatic rings. The molecule has 0 aromatic heterocycles. The van der Waals surface area contributed by atoms with Crippen molar-refractivity contribution in [1.29, 1.82) is 0 Å². The van der Waals surface area contributed by atoms with Gasteiger partial charge >= 0.3 is 0 Å². The fraction of sp³-hybridized carbons (Fsp3) is 1.00. The number of rotatable bonds is 0. The summed E-state index contributed by atoms with van der Waals surface area (Å²) in [5.41, 5.74) is 0. The second-order valence-corrected chi connectivity index (χ2v) is 6.35. The Morgan fingerprint density at radius 3 is 2.31 bits per heavy atom. The molecule has 13 heavy (non-hydrogen) atoms. The highest BCUT2D eigenvalue weighted by atomic mass is 16.3. The molecule has 0 saturated heterocycles. The first-order valence-electron chi connectivity index (χ1n) is 6.04. The average molecular weight is 176 g/mol. The average Bonchev–Trinajstić information content (AvgIpc) is 2.74. The fourth-order valence-electron chi connectivity index (χ4n) is 6.70. The maximum absolute atomic E-state index is 10.2. The summed E-state index contributed by atoms with van der Waals surface area (Å²) < 4.78 is 0. The molecule has 5 saturated carbocycles. The van der Waals surface area contributed by atoms with Crippen molar-refractivity contribution in [2.45, 2.75) is 25.4 Å². The SMILES string of the molecule is O[C@H]1[C@@H]2[C@@H]3C[C@H]1C1[C@H]4C[C@H]([C@@H]2C4)[C@@H]13. The third-order valence-corrected chi connectivity index (χ3v) is 6.54. The maximum Gasteiger partial charge on any atom is 0.0605 e. The van der Waals surface area contributed by atoms with Gasteiger partial charge in [0.1, 0.15) is 0 Å². The lowest BCUT2D eigenvalue weighted by atomic mass is 9.77. The highest BCUT2D eigenvalue weighted by molar-refractivity contribution is 5.23. The Morgan fingerprint density at radius 1 is 0.692 bits per heavy atom. The van der Waals surface area contributed by atoms with Crippen molar-refractivity contribution in [2.24, 2.45) is 47.3 Å². The van der Waals surface area contributed by atoms with Gasteiger partial charge in [0.25, 0.3) is 0 Å². The monoisotopic (exact) mass is 176 g/mol. The molecule has 0 amide bonds. The fourth-order valence-corrected chi connectivity index (χ4v) is 6.70. The van der Waals surface area contributed by atoms with E-state index < -0.39 is 0 Å². The van der Waals surface area contributed by atoms with Gasteiger partial charge < -0.3 is 5.11 Å². The number of hydrogen-bond acceptors (Lipinski definition) is 1. The summed E-state index contributed by atoms with van der Waals surface area (Å²) >= 11 is 0. The van der Waals surface area contributed by atoms with Crippen molar-refractivity contribution < 1.29 is 5.11 Å². The van der Waals surface area contributed by atoms with Gasteiger partial charge in [0, 0.05) is 0 Å². The lowest BCUT2D eigenvalue weighted by molar-refractivity contribution is 0.0327. The van der Waals surface area contributed by atoms with Gasteiger partial charge in [-0.1, -0.05) is 0 Å². The molecule has 5 aliphatic rings. The zero-order valence-corrected chi connectivity index (χ0v) is 7.76. The number of hydrogen-bond donors (Lipinski definition) is 1. The Hall–Kier alpha value is -0.0400. The molecule has 0 radical (unpaired) electrons. The molecule has 4 bridgehead atoms. The van der Waals surface area contributed by atoms with Gasteiger partial charge in [0.05, 0.1) is 6.10 Å². The van der Waals surface area contributed by atoms with Crippen LogP contribution in [0.15, 0.2) is 0 Å². The quantitative estimate of drug-likeness (QED) is 0.593. The first-order chi connectivity index (χ1) is 6.36. The molecule has 70 valence electrons. The van der Waals surface area contributed by atoms with E-state index in [1.807, 2.05) is 0 Å². The van der Waals surface area contributed by atoms with Crippen LogP contribution in [-0.2, 0) is 0 Å². The molecular formula is C12H16O. The van der Waals surface area contributed by atoms with E-state index in [0.717, 1.165) is 47.3 Å². The molecule has 1 nitrogen and oxygen atoms in total. The van der Waals surface area contributed by atoms with Gasteiger partial charge in [-0.25, -0.2) is 0 Å². The van der Waals surface area contributed by atoms with Crippen LogP contribution in [0, 0.1) is 47.3 Å². The zero-order valence-electron chi connectivity index (χ0n) is 7.76. The standard InChI is InChI=1S/C12H16O/c13-12-8-3-7-10-5-1-4(9(8)10)2-6(5)11(7)12/h4-13H,1-3H2/t4-,5+,6-,7+,8-,9?,10+,11-,12+/m0/s1. The van der Waals surface area contributed by atoms with Crippen molar-refractivity contribution in [3.05, 3.63) is 0 Å². The van der Waals surface area contributed by atoms with Crippen molar-refractivity contribution >= 4 is 0 Å². The first-order valence-corrected chi connectivity index (χ1v) is 6.04. The minimum atomic E-state index is 0.131. The zero-order chi connectivity index (χ0) is 8.32. The molecule has 0 spiro atoms. The van der Waals surface area contributed by atoms with Crippen LogP contribution in [0.2, 0.25) is 0 Å². The summed E-state index contributed by atoms with van der Waals surface area (Å²) in [5, 5.41) is 10.2. The minimum Gasteiger partial charge on any atom is -0.393 e. The second-order valence-electron chi connectivity index (χ2n) is 6.35. The van der Waals surface area contributed by atoms with E-state index in [4.69, 9.17) is 0 Å². The van der Waals surface area contributed by atoms with Crippen LogP contribution < -0.4 is 0 Å². The molecule has 1 N–H and O–H groups in total. The van der Waals surface area contributed by atoms with Gasteiger partial charge in [0.2, 0.25) is 0 Å². The molecule has 5 aliphatic carbocycles. The van der Waals surface area contributed by atoms with Crippen LogP contribution in [0.5, 0.6) is 0 Å². The molecule has 0 heterocycles. The van der Waals surface area contributed by atoms with Crippen molar-refractivity contribution in [2.75, 3.05) is 0 Å². The number of aliphatic hydroxyl groups is 1. The predicted molar refractivity (Wildman–Crippen MR) is 47.8 cm³/mol. The van der Waals surface area contributed by atoms with E-state index in [2.05, 4.69) is 0 Å². The summed E-state index contributed by atoms with van der Waals surface area (Å²) in [6.07, 6.45) is 4.59. The van der Waals surface area contributed by atoms with E-state index in [1.54, 1.807) is 6.42 Å². The van der Waals surface area contributed by atoms with E-state index in [-0.39, 0.29) is 6.10 Å². The lowest BCUT2D eigenvalue weighted by Gasteiger charge is -2.30. The highest BCUT2D eigenvalue weighted by Gasteiger charge is 2.75. The van der Waals surface area contributed by atoms with Gasteiger partial charge in [-0.05, 0) is 66.6 Å². The molecular weight excluding hydrogens is 160 g/mol. The van der Waals surface area contributed by atoms with Gasteiger partial charge in [-0.3, -0.25) is 0 Å². The lowest BCUT2D eigenvalue weighted by Crippen LogP contribution is -2.32. The highest BCUT2D eigenvalue weighted by Crippen LogP contribution is 2.78. The predicted octanol–water partition coefficient (Wildman–Crippen LogP) is 1.52. The molecule has 1 heteroatoms. The Morgan fingerprint density at radius 2 is 1.46 bits per heavy atom. The Bertz CT molecular complexity index is 290. The van der Waals surface area contributed by atoms with Crippen molar-refractivity contribution in [1.82, 2.24) is 0 Å². The molecule has 9 atom stereocenters. The third-order valence-electron chi connectivity index (χ3n) is 6.54. The molecule has 0 aromatic carbocycles. The second kappa shape index (κ2) is 1.60. The third kappa shape index (κ3) is 0.439. The maximum atomic E-state index is 10.2. The summed E-state index contributed by atoms with van der Waals surface area (Å²) in [6.45, 7) is 0. The van der Waals surface area contributed by atoms with Crippen LogP contribution in [-0.4, -0.2) is 11.2 Å². The Kier molecular flexibility index (Phi) is 0.793. The van der Waals surface area contributed by atoms with Gasteiger partial charge in [0.15, 0.2) is 0 Å². The number of aliphatic hydroxyl groups excluding tert-OH is 1.